The maximum atomic E-state index is 12.1. The highest BCUT2D eigenvalue weighted by molar-refractivity contribution is 5.43. The summed E-state index contributed by atoms with van der Waals surface area (Å²) in [5.41, 5.74) is 4.31. The van der Waals surface area contributed by atoms with Gasteiger partial charge >= 0.3 is 0 Å². The minimum absolute atomic E-state index is 0.226. The molecule has 0 spiro atoms. The van der Waals surface area contributed by atoms with Gasteiger partial charge in [-0.25, -0.2) is 0 Å². The van der Waals surface area contributed by atoms with Gasteiger partial charge in [0.1, 0.15) is 0 Å². The summed E-state index contributed by atoms with van der Waals surface area (Å²) in [6.07, 6.45) is 1.76. The monoisotopic (exact) mass is 221 g/mol. The molecule has 2 unspecified atom stereocenters. The molecule has 0 amide bonds. The van der Waals surface area contributed by atoms with Crippen LogP contribution in [0.1, 0.15) is 48.4 Å². The second kappa shape index (κ2) is 4.96. The number of alkyl halides is 1. The number of fused-ring (bicyclic) bond motifs is 1. The highest BCUT2D eigenvalue weighted by Gasteiger charge is 2.28. The van der Waals surface area contributed by atoms with Gasteiger partial charge in [0.05, 0.1) is 6.67 Å². The zero-order chi connectivity index (χ0) is 11.5. The van der Waals surface area contributed by atoms with Gasteiger partial charge in [0, 0.05) is 6.04 Å². The first kappa shape index (κ1) is 11.6. The molecule has 1 aromatic rings. The van der Waals surface area contributed by atoms with Crippen LogP contribution in [0.15, 0.2) is 18.2 Å². The maximum absolute atomic E-state index is 12.1. The lowest BCUT2D eigenvalue weighted by Gasteiger charge is -2.13. The first-order valence-corrected chi connectivity index (χ1v) is 6.12. The van der Waals surface area contributed by atoms with Crippen LogP contribution >= 0.6 is 0 Å². The first-order valence-electron chi connectivity index (χ1n) is 6.12. The molecule has 1 aliphatic rings. The molecule has 0 aromatic heterocycles. The van der Waals surface area contributed by atoms with E-state index in [0.29, 0.717) is 18.4 Å². The van der Waals surface area contributed by atoms with Gasteiger partial charge in [0.15, 0.2) is 0 Å². The summed E-state index contributed by atoms with van der Waals surface area (Å²) in [4.78, 5) is 0. The van der Waals surface area contributed by atoms with Crippen molar-refractivity contribution in [2.75, 3.05) is 13.2 Å². The van der Waals surface area contributed by atoms with Gasteiger partial charge in [-0.05, 0) is 48.9 Å². The van der Waals surface area contributed by atoms with Crippen molar-refractivity contribution in [2.24, 2.45) is 0 Å². The van der Waals surface area contributed by atoms with Crippen molar-refractivity contribution in [3.63, 3.8) is 0 Å². The SMILES string of the molecule is Cc1cccc2c1C(C)CC2NCCCF. The quantitative estimate of drug-likeness (QED) is 0.767. The molecule has 1 N–H and O–H groups in total. The van der Waals surface area contributed by atoms with E-state index in [2.05, 4.69) is 37.4 Å². The molecule has 2 atom stereocenters. The fourth-order valence-electron chi connectivity index (χ4n) is 2.82. The number of aryl methyl sites for hydroxylation is 1. The van der Waals surface area contributed by atoms with E-state index < -0.39 is 0 Å². The topological polar surface area (TPSA) is 12.0 Å². The second-order valence-corrected chi connectivity index (χ2v) is 4.76. The lowest BCUT2D eigenvalue weighted by atomic mass is 9.98. The van der Waals surface area contributed by atoms with E-state index in [0.717, 1.165) is 13.0 Å². The van der Waals surface area contributed by atoms with Gasteiger partial charge < -0.3 is 5.32 Å². The van der Waals surface area contributed by atoms with Crippen LogP contribution in [-0.4, -0.2) is 13.2 Å². The third-order valence-corrected chi connectivity index (χ3v) is 3.52. The molecule has 2 rings (SSSR count). The number of hydrogen-bond donors (Lipinski definition) is 1. The van der Waals surface area contributed by atoms with Crippen LogP contribution in [0.5, 0.6) is 0 Å². The van der Waals surface area contributed by atoms with Crippen molar-refractivity contribution < 1.29 is 4.39 Å². The van der Waals surface area contributed by atoms with Crippen LogP contribution in [0, 0.1) is 6.92 Å². The largest absolute Gasteiger partial charge is 0.310 e. The summed E-state index contributed by atoms with van der Waals surface area (Å²) >= 11 is 0. The number of nitrogens with one attached hydrogen (secondary N) is 1. The predicted molar refractivity (Wildman–Crippen MR) is 65.5 cm³/mol. The normalized spacial score (nSPS) is 23.4. The Labute approximate surface area is 97.1 Å². The van der Waals surface area contributed by atoms with Gasteiger partial charge in [-0.1, -0.05) is 25.1 Å². The molecule has 1 aromatic carbocycles. The average molecular weight is 221 g/mol. The predicted octanol–water partition coefficient (Wildman–Crippen LogP) is 3.49. The Morgan fingerprint density at radius 1 is 1.44 bits per heavy atom. The summed E-state index contributed by atoms with van der Waals surface area (Å²) in [5.74, 6) is 0.624. The molecule has 1 aliphatic carbocycles. The molecule has 0 heterocycles. The molecule has 88 valence electrons. The van der Waals surface area contributed by atoms with Crippen molar-refractivity contribution >= 4 is 0 Å². The van der Waals surface area contributed by atoms with E-state index in [4.69, 9.17) is 0 Å². The molecular formula is C14H20FN. The van der Waals surface area contributed by atoms with E-state index in [1.807, 2.05) is 0 Å². The Bertz CT molecular complexity index is 362. The van der Waals surface area contributed by atoms with E-state index in [-0.39, 0.29) is 6.67 Å². The number of benzene rings is 1. The summed E-state index contributed by atoms with van der Waals surface area (Å²) in [6.45, 7) is 5.01. The van der Waals surface area contributed by atoms with Crippen LogP contribution < -0.4 is 5.32 Å². The summed E-state index contributed by atoms with van der Waals surface area (Å²) in [6, 6.07) is 6.94. The van der Waals surface area contributed by atoms with E-state index in [1.165, 1.54) is 16.7 Å². The standard InChI is InChI=1S/C14H20FN/c1-10-5-3-6-12-13(16-8-4-7-15)9-11(2)14(10)12/h3,5-6,11,13,16H,4,7-9H2,1-2H3. The van der Waals surface area contributed by atoms with E-state index in [9.17, 15) is 4.39 Å². The molecule has 0 fully saturated rings. The fourth-order valence-corrected chi connectivity index (χ4v) is 2.82. The summed E-state index contributed by atoms with van der Waals surface area (Å²) in [5, 5.41) is 3.46. The van der Waals surface area contributed by atoms with Gasteiger partial charge in [-0.15, -0.1) is 0 Å². The molecule has 1 nitrogen and oxygen atoms in total. The number of hydrogen-bond acceptors (Lipinski definition) is 1. The molecule has 0 saturated heterocycles. The van der Waals surface area contributed by atoms with Gasteiger partial charge in [0.2, 0.25) is 0 Å². The third kappa shape index (κ3) is 2.12. The van der Waals surface area contributed by atoms with Gasteiger partial charge in [0.25, 0.3) is 0 Å². The first-order chi connectivity index (χ1) is 7.74. The van der Waals surface area contributed by atoms with Crippen molar-refractivity contribution in [3.05, 3.63) is 34.9 Å². The molecular weight excluding hydrogens is 201 g/mol. The fraction of sp³-hybridized carbons (Fsp3) is 0.571. The third-order valence-electron chi connectivity index (χ3n) is 3.52. The molecule has 0 bridgehead atoms. The zero-order valence-electron chi connectivity index (χ0n) is 10.1. The average Bonchev–Trinajstić information content (AvgIpc) is 2.58. The lowest BCUT2D eigenvalue weighted by molar-refractivity contribution is 0.433. The zero-order valence-corrected chi connectivity index (χ0v) is 10.1. The van der Waals surface area contributed by atoms with Crippen LogP contribution in [0.2, 0.25) is 0 Å². The molecule has 0 aliphatic heterocycles. The summed E-state index contributed by atoms with van der Waals surface area (Å²) < 4.78 is 12.1. The Morgan fingerprint density at radius 3 is 3.00 bits per heavy atom. The van der Waals surface area contributed by atoms with Crippen molar-refractivity contribution in [3.8, 4) is 0 Å². The molecule has 2 heteroatoms. The molecule has 0 radical (unpaired) electrons. The molecule has 16 heavy (non-hydrogen) atoms. The van der Waals surface area contributed by atoms with E-state index >= 15 is 0 Å². The Morgan fingerprint density at radius 2 is 2.25 bits per heavy atom. The highest BCUT2D eigenvalue weighted by atomic mass is 19.1. The maximum Gasteiger partial charge on any atom is 0.0906 e. The lowest BCUT2D eigenvalue weighted by Crippen LogP contribution is -2.20. The van der Waals surface area contributed by atoms with Crippen LogP contribution in [0.3, 0.4) is 0 Å². The van der Waals surface area contributed by atoms with Gasteiger partial charge in [-0.2, -0.15) is 0 Å². The summed E-state index contributed by atoms with van der Waals surface area (Å²) in [7, 11) is 0. The van der Waals surface area contributed by atoms with Crippen LogP contribution in [0.25, 0.3) is 0 Å². The number of rotatable bonds is 4. The van der Waals surface area contributed by atoms with Gasteiger partial charge in [-0.3, -0.25) is 4.39 Å². The van der Waals surface area contributed by atoms with Crippen molar-refractivity contribution in [2.45, 2.75) is 38.6 Å². The second-order valence-electron chi connectivity index (χ2n) is 4.76. The minimum atomic E-state index is -0.226. The minimum Gasteiger partial charge on any atom is -0.310 e. The smallest absolute Gasteiger partial charge is 0.0906 e. The van der Waals surface area contributed by atoms with E-state index in [1.54, 1.807) is 0 Å². The highest BCUT2D eigenvalue weighted by Crippen LogP contribution is 2.41. The Hall–Kier alpha value is -0.890. The Kier molecular flexibility index (Phi) is 3.59. The van der Waals surface area contributed by atoms with Crippen LogP contribution in [-0.2, 0) is 0 Å². The number of halogens is 1. The Balaban J connectivity index is 2.13. The molecule has 0 saturated carbocycles. The van der Waals surface area contributed by atoms with Crippen LogP contribution in [0.4, 0.5) is 4.39 Å². The van der Waals surface area contributed by atoms with Crippen molar-refractivity contribution in [1.29, 1.82) is 0 Å². The van der Waals surface area contributed by atoms with Crippen molar-refractivity contribution in [1.82, 2.24) is 5.32 Å².